The molecule has 3 atom stereocenters. The second kappa shape index (κ2) is 8.76. The standard InChI is InChI=1S/C18H25NO4/c1-3-10-23-12-14-9-8-13(11-17(14)22-2)18(21)19-15-6-4-5-7-16(15)20/h1,9,11,13,15-16,20H,4-8,10,12H2,2H3,(H,19,21). The van der Waals surface area contributed by atoms with Gasteiger partial charge >= 0.3 is 0 Å². The maximum absolute atomic E-state index is 12.4. The van der Waals surface area contributed by atoms with E-state index in [2.05, 4.69) is 11.2 Å². The molecule has 1 fully saturated rings. The molecule has 2 N–H and O–H groups in total. The smallest absolute Gasteiger partial charge is 0.227 e. The molecular formula is C18H25NO4. The number of carbonyl (C=O) groups excluding carboxylic acids is 1. The maximum atomic E-state index is 12.4. The van der Waals surface area contributed by atoms with Crippen LogP contribution in [0.4, 0.5) is 0 Å². The predicted molar refractivity (Wildman–Crippen MR) is 87.3 cm³/mol. The van der Waals surface area contributed by atoms with E-state index in [9.17, 15) is 9.90 Å². The van der Waals surface area contributed by atoms with E-state index in [0.717, 1.165) is 31.3 Å². The van der Waals surface area contributed by atoms with Crippen molar-refractivity contribution in [3.63, 3.8) is 0 Å². The third-order valence-electron chi connectivity index (χ3n) is 4.34. The van der Waals surface area contributed by atoms with Crippen LogP contribution < -0.4 is 5.32 Å². The van der Waals surface area contributed by atoms with E-state index in [0.29, 0.717) is 18.8 Å². The third-order valence-corrected chi connectivity index (χ3v) is 4.34. The van der Waals surface area contributed by atoms with Crippen molar-refractivity contribution in [2.24, 2.45) is 5.92 Å². The fourth-order valence-electron chi connectivity index (χ4n) is 3.03. The van der Waals surface area contributed by atoms with Crippen LogP contribution >= 0.6 is 0 Å². The fraction of sp³-hybridized carbons (Fsp3) is 0.611. The molecule has 5 heteroatoms. The van der Waals surface area contributed by atoms with Crippen LogP contribution in [0.2, 0.25) is 0 Å². The summed E-state index contributed by atoms with van der Waals surface area (Å²) >= 11 is 0. The summed E-state index contributed by atoms with van der Waals surface area (Å²) in [6, 6.07) is -0.139. The molecule has 0 aliphatic heterocycles. The Morgan fingerprint density at radius 3 is 2.96 bits per heavy atom. The van der Waals surface area contributed by atoms with E-state index < -0.39 is 6.10 Å². The van der Waals surface area contributed by atoms with Crippen LogP contribution in [0.1, 0.15) is 32.1 Å². The largest absolute Gasteiger partial charge is 0.497 e. The molecule has 3 unspecified atom stereocenters. The van der Waals surface area contributed by atoms with Crippen LogP contribution in [-0.2, 0) is 14.3 Å². The Hall–Kier alpha value is -1.77. The molecule has 0 radical (unpaired) electrons. The van der Waals surface area contributed by atoms with Gasteiger partial charge in [-0.25, -0.2) is 0 Å². The average Bonchev–Trinajstić information content (AvgIpc) is 2.57. The molecule has 2 aliphatic carbocycles. The number of aliphatic hydroxyl groups excluding tert-OH is 1. The van der Waals surface area contributed by atoms with Gasteiger partial charge in [0.15, 0.2) is 0 Å². The first-order valence-electron chi connectivity index (χ1n) is 8.10. The number of rotatable bonds is 6. The van der Waals surface area contributed by atoms with Crippen LogP contribution in [0, 0.1) is 18.3 Å². The van der Waals surface area contributed by atoms with E-state index in [4.69, 9.17) is 15.9 Å². The van der Waals surface area contributed by atoms with Gasteiger partial charge in [-0.15, -0.1) is 6.42 Å². The van der Waals surface area contributed by atoms with Crippen molar-refractivity contribution in [2.75, 3.05) is 20.3 Å². The molecule has 0 saturated heterocycles. The fourth-order valence-corrected chi connectivity index (χ4v) is 3.03. The van der Waals surface area contributed by atoms with Crippen molar-refractivity contribution in [3.05, 3.63) is 23.5 Å². The third kappa shape index (κ3) is 4.85. The summed E-state index contributed by atoms with van der Waals surface area (Å²) in [7, 11) is 1.58. The quantitative estimate of drug-likeness (QED) is 0.575. The highest BCUT2D eigenvalue weighted by Crippen LogP contribution is 2.25. The molecule has 0 aromatic rings. The summed E-state index contributed by atoms with van der Waals surface area (Å²) in [6.07, 6.45) is 12.7. The van der Waals surface area contributed by atoms with Crippen molar-refractivity contribution < 1.29 is 19.4 Å². The molecule has 0 aromatic heterocycles. The first kappa shape index (κ1) is 17.6. The maximum Gasteiger partial charge on any atom is 0.227 e. The normalized spacial score (nSPS) is 27.4. The molecule has 0 heterocycles. The number of allylic oxidation sites excluding steroid dienone is 1. The highest BCUT2D eigenvalue weighted by molar-refractivity contribution is 5.81. The van der Waals surface area contributed by atoms with Gasteiger partial charge in [-0.3, -0.25) is 4.79 Å². The highest BCUT2D eigenvalue weighted by atomic mass is 16.5. The molecule has 5 nitrogen and oxygen atoms in total. The molecule has 23 heavy (non-hydrogen) atoms. The number of terminal acetylenes is 1. The average molecular weight is 319 g/mol. The predicted octanol–water partition coefficient (Wildman–Crippen LogP) is 1.53. The zero-order valence-electron chi connectivity index (χ0n) is 13.6. The molecule has 1 amide bonds. The summed E-state index contributed by atoms with van der Waals surface area (Å²) in [4.78, 5) is 12.4. The first-order chi connectivity index (χ1) is 11.2. The molecule has 0 spiro atoms. The minimum atomic E-state index is -0.439. The topological polar surface area (TPSA) is 67.8 Å². The summed E-state index contributed by atoms with van der Waals surface area (Å²) in [5, 5.41) is 13.0. The van der Waals surface area contributed by atoms with Crippen LogP contribution in [0.3, 0.4) is 0 Å². The second-order valence-electron chi connectivity index (χ2n) is 5.97. The lowest BCUT2D eigenvalue weighted by atomic mass is 9.90. The molecule has 2 rings (SSSR count). The number of methoxy groups -OCH3 is 1. The van der Waals surface area contributed by atoms with E-state index in [1.165, 1.54) is 0 Å². The van der Waals surface area contributed by atoms with Crippen LogP contribution in [0.25, 0.3) is 0 Å². The summed E-state index contributed by atoms with van der Waals surface area (Å²) < 4.78 is 10.7. The lowest BCUT2D eigenvalue weighted by Gasteiger charge is -2.30. The SMILES string of the molecule is C#CCOCC1=CCC(C(=O)NC2CCCCC2O)C=C1OC. The summed E-state index contributed by atoms with van der Waals surface area (Å²) in [5.74, 6) is 2.72. The second-order valence-corrected chi connectivity index (χ2v) is 5.97. The minimum Gasteiger partial charge on any atom is -0.497 e. The van der Waals surface area contributed by atoms with Crippen LogP contribution in [0.15, 0.2) is 23.5 Å². The Bertz CT molecular complexity index is 518. The van der Waals surface area contributed by atoms with Gasteiger partial charge < -0.3 is 19.9 Å². The van der Waals surface area contributed by atoms with Crippen molar-refractivity contribution in [1.29, 1.82) is 0 Å². The Balaban J connectivity index is 1.92. The molecule has 0 bridgehead atoms. The number of carbonyl (C=O) groups is 1. The van der Waals surface area contributed by atoms with Crippen LogP contribution in [0.5, 0.6) is 0 Å². The number of amides is 1. The molecule has 0 aromatic carbocycles. The molecule has 2 aliphatic rings. The zero-order valence-corrected chi connectivity index (χ0v) is 13.6. The summed E-state index contributed by atoms with van der Waals surface area (Å²) in [6.45, 7) is 0.622. The van der Waals surface area contributed by atoms with Gasteiger partial charge in [0.1, 0.15) is 12.4 Å². The summed E-state index contributed by atoms with van der Waals surface area (Å²) in [5.41, 5.74) is 0.907. The Morgan fingerprint density at radius 1 is 1.48 bits per heavy atom. The number of hydrogen-bond donors (Lipinski definition) is 2. The van der Waals surface area contributed by atoms with Gasteiger partial charge in [0, 0.05) is 5.57 Å². The van der Waals surface area contributed by atoms with Crippen molar-refractivity contribution in [3.8, 4) is 12.3 Å². The van der Waals surface area contributed by atoms with E-state index in [1.54, 1.807) is 7.11 Å². The number of ether oxygens (including phenoxy) is 2. The first-order valence-corrected chi connectivity index (χ1v) is 8.10. The van der Waals surface area contributed by atoms with Gasteiger partial charge in [0.25, 0.3) is 0 Å². The molecule has 126 valence electrons. The monoisotopic (exact) mass is 319 g/mol. The molecule has 1 saturated carbocycles. The minimum absolute atomic E-state index is 0.0645. The number of aliphatic hydroxyl groups is 1. The Kier molecular flexibility index (Phi) is 6.69. The van der Waals surface area contributed by atoms with E-state index in [1.807, 2.05) is 12.2 Å². The van der Waals surface area contributed by atoms with Crippen molar-refractivity contribution >= 4 is 5.91 Å². The van der Waals surface area contributed by atoms with Crippen LogP contribution in [-0.4, -0.2) is 43.5 Å². The lowest BCUT2D eigenvalue weighted by molar-refractivity contribution is -0.125. The van der Waals surface area contributed by atoms with E-state index in [-0.39, 0.29) is 24.5 Å². The Morgan fingerprint density at radius 2 is 2.26 bits per heavy atom. The van der Waals surface area contributed by atoms with Crippen molar-refractivity contribution in [1.82, 2.24) is 5.32 Å². The highest BCUT2D eigenvalue weighted by Gasteiger charge is 2.28. The lowest BCUT2D eigenvalue weighted by Crippen LogP contribution is -2.47. The number of nitrogens with one attached hydrogen (secondary N) is 1. The molecular weight excluding hydrogens is 294 g/mol. The van der Waals surface area contributed by atoms with E-state index >= 15 is 0 Å². The van der Waals surface area contributed by atoms with Gasteiger partial charge in [-0.1, -0.05) is 24.8 Å². The van der Waals surface area contributed by atoms with Gasteiger partial charge in [0.05, 0.1) is 31.8 Å². The van der Waals surface area contributed by atoms with Crippen molar-refractivity contribution in [2.45, 2.75) is 44.2 Å². The number of hydrogen-bond acceptors (Lipinski definition) is 4. The zero-order chi connectivity index (χ0) is 16.7. The van der Waals surface area contributed by atoms with Gasteiger partial charge in [0.2, 0.25) is 5.91 Å². The van der Waals surface area contributed by atoms with Gasteiger partial charge in [-0.2, -0.15) is 0 Å². The Labute approximate surface area is 137 Å². The van der Waals surface area contributed by atoms with Gasteiger partial charge in [-0.05, 0) is 25.3 Å².